The van der Waals surface area contributed by atoms with Gasteiger partial charge in [0.2, 0.25) is 10.0 Å². The third-order valence-electron chi connectivity index (χ3n) is 4.59. The van der Waals surface area contributed by atoms with E-state index < -0.39 is 16.1 Å². The average molecular weight is 405 g/mol. The molecule has 28 heavy (non-hydrogen) atoms. The molecule has 2 rings (SSSR count). The van der Waals surface area contributed by atoms with E-state index in [1.807, 2.05) is 37.3 Å². The highest BCUT2D eigenvalue weighted by Crippen LogP contribution is 2.21. The van der Waals surface area contributed by atoms with Crippen molar-refractivity contribution in [1.29, 1.82) is 0 Å². The fourth-order valence-electron chi connectivity index (χ4n) is 2.68. The summed E-state index contributed by atoms with van der Waals surface area (Å²) in [6, 6.07) is 16.6. The Labute approximate surface area is 167 Å². The first-order valence-electron chi connectivity index (χ1n) is 9.25. The summed E-state index contributed by atoms with van der Waals surface area (Å²) in [6.45, 7) is 4.48. The summed E-state index contributed by atoms with van der Waals surface area (Å²) in [4.78, 5) is 12.5. The van der Waals surface area contributed by atoms with Gasteiger partial charge in [-0.05, 0) is 42.2 Å². The number of sulfonamides is 1. The first-order chi connectivity index (χ1) is 13.2. The van der Waals surface area contributed by atoms with Crippen LogP contribution in [0.25, 0.3) is 0 Å². The van der Waals surface area contributed by atoms with Crippen molar-refractivity contribution >= 4 is 21.6 Å². The lowest BCUT2D eigenvalue weighted by molar-refractivity contribution is -0.128. The lowest BCUT2D eigenvalue weighted by Gasteiger charge is -2.20. The number of anilines is 1. The summed E-state index contributed by atoms with van der Waals surface area (Å²) in [6.07, 6.45) is 1.06. The van der Waals surface area contributed by atoms with Crippen LogP contribution in [0.15, 0.2) is 54.6 Å². The van der Waals surface area contributed by atoms with Gasteiger partial charge >= 0.3 is 0 Å². The minimum Gasteiger partial charge on any atom is -0.481 e. The molecule has 0 aromatic heterocycles. The molecule has 6 nitrogen and oxygen atoms in total. The van der Waals surface area contributed by atoms with Crippen LogP contribution >= 0.6 is 0 Å². The SMILES string of the molecule is CC[C@H](Oc1ccc(N(C)S(C)(=O)=O)cc1)C(=O)NC[C@H](C)c1ccccc1. The van der Waals surface area contributed by atoms with Crippen LogP contribution in [0.1, 0.15) is 31.7 Å². The van der Waals surface area contributed by atoms with Crippen molar-refractivity contribution < 1.29 is 17.9 Å². The molecule has 2 atom stereocenters. The summed E-state index contributed by atoms with van der Waals surface area (Å²) in [7, 11) is -1.83. The fraction of sp³-hybridized carbons (Fsp3) is 0.381. The number of ether oxygens (including phenoxy) is 1. The molecule has 0 aliphatic heterocycles. The molecule has 0 unspecified atom stereocenters. The largest absolute Gasteiger partial charge is 0.481 e. The van der Waals surface area contributed by atoms with Crippen LogP contribution in [0.2, 0.25) is 0 Å². The average Bonchev–Trinajstić information content (AvgIpc) is 2.69. The summed E-state index contributed by atoms with van der Waals surface area (Å²) in [5.41, 5.74) is 1.70. The molecule has 2 aromatic rings. The molecule has 0 spiro atoms. The van der Waals surface area contributed by atoms with Crippen molar-refractivity contribution in [2.75, 3.05) is 24.2 Å². The topological polar surface area (TPSA) is 75.7 Å². The molecule has 0 saturated heterocycles. The van der Waals surface area contributed by atoms with Crippen molar-refractivity contribution in [3.8, 4) is 5.75 Å². The zero-order chi connectivity index (χ0) is 20.7. The van der Waals surface area contributed by atoms with Gasteiger partial charge < -0.3 is 10.1 Å². The second-order valence-electron chi connectivity index (χ2n) is 6.80. The number of benzene rings is 2. The zero-order valence-corrected chi connectivity index (χ0v) is 17.6. The maximum Gasteiger partial charge on any atom is 0.261 e. The molecule has 0 bridgehead atoms. The van der Waals surface area contributed by atoms with E-state index >= 15 is 0 Å². The van der Waals surface area contributed by atoms with E-state index in [2.05, 4.69) is 12.2 Å². The number of carbonyl (C=O) groups excluding carboxylic acids is 1. The molecule has 0 heterocycles. The number of rotatable bonds is 9. The molecular formula is C21H28N2O4S. The van der Waals surface area contributed by atoms with Gasteiger partial charge in [-0.1, -0.05) is 44.2 Å². The highest BCUT2D eigenvalue weighted by atomic mass is 32.2. The molecular weight excluding hydrogens is 376 g/mol. The molecule has 0 radical (unpaired) electrons. The lowest BCUT2D eigenvalue weighted by atomic mass is 10.0. The monoisotopic (exact) mass is 404 g/mol. The maximum absolute atomic E-state index is 12.5. The van der Waals surface area contributed by atoms with Crippen molar-refractivity contribution in [3.63, 3.8) is 0 Å². The fourth-order valence-corrected chi connectivity index (χ4v) is 3.18. The van der Waals surface area contributed by atoms with E-state index in [0.29, 0.717) is 24.4 Å². The Balaban J connectivity index is 1.95. The summed E-state index contributed by atoms with van der Waals surface area (Å²) in [5.74, 6) is 0.555. The number of carbonyl (C=O) groups is 1. The Morgan fingerprint density at radius 3 is 2.25 bits per heavy atom. The maximum atomic E-state index is 12.5. The first-order valence-corrected chi connectivity index (χ1v) is 11.1. The first kappa shape index (κ1) is 21.8. The molecule has 152 valence electrons. The van der Waals surface area contributed by atoms with Crippen LogP contribution in [0.4, 0.5) is 5.69 Å². The van der Waals surface area contributed by atoms with Gasteiger partial charge in [0.15, 0.2) is 6.10 Å². The van der Waals surface area contributed by atoms with Crippen molar-refractivity contribution in [1.82, 2.24) is 5.32 Å². The Morgan fingerprint density at radius 2 is 1.71 bits per heavy atom. The number of hydrogen-bond donors (Lipinski definition) is 1. The number of nitrogens with zero attached hydrogens (tertiary/aromatic N) is 1. The molecule has 0 saturated carbocycles. The third kappa shape index (κ3) is 5.99. The van der Waals surface area contributed by atoms with Gasteiger partial charge in [-0.3, -0.25) is 9.10 Å². The normalized spacial score (nSPS) is 13.4. The molecule has 0 fully saturated rings. The van der Waals surface area contributed by atoms with Crippen LogP contribution in [0, 0.1) is 0 Å². The summed E-state index contributed by atoms with van der Waals surface area (Å²) >= 11 is 0. The van der Waals surface area contributed by atoms with Crippen molar-refractivity contribution in [2.45, 2.75) is 32.3 Å². The van der Waals surface area contributed by atoms with Crippen LogP contribution in [-0.4, -0.2) is 40.3 Å². The van der Waals surface area contributed by atoms with Gasteiger partial charge in [0.05, 0.1) is 11.9 Å². The van der Waals surface area contributed by atoms with E-state index in [4.69, 9.17) is 4.74 Å². The molecule has 1 N–H and O–H groups in total. The van der Waals surface area contributed by atoms with Crippen LogP contribution in [0.5, 0.6) is 5.75 Å². The minimum absolute atomic E-state index is 0.164. The van der Waals surface area contributed by atoms with E-state index in [0.717, 1.165) is 6.26 Å². The molecule has 0 aliphatic carbocycles. The van der Waals surface area contributed by atoms with E-state index in [-0.39, 0.29) is 11.8 Å². The van der Waals surface area contributed by atoms with Crippen molar-refractivity contribution in [3.05, 3.63) is 60.2 Å². The van der Waals surface area contributed by atoms with Gasteiger partial charge in [-0.25, -0.2) is 8.42 Å². The molecule has 1 amide bonds. The Hall–Kier alpha value is -2.54. The van der Waals surface area contributed by atoms with Gasteiger partial charge in [0.1, 0.15) is 5.75 Å². The van der Waals surface area contributed by atoms with Gasteiger partial charge in [-0.2, -0.15) is 0 Å². The quantitative estimate of drug-likeness (QED) is 0.697. The number of hydrogen-bond acceptors (Lipinski definition) is 4. The van der Waals surface area contributed by atoms with Crippen molar-refractivity contribution in [2.24, 2.45) is 0 Å². The van der Waals surface area contributed by atoms with Crippen LogP contribution < -0.4 is 14.4 Å². The Bertz CT molecular complexity index is 867. The molecule has 2 aromatic carbocycles. The number of amides is 1. The predicted octanol–water partition coefficient (Wildman–Crippen LogP) is 3.16. The lowest BCUT2D eigenvalue weighted by Crippen LogP contribution is -2.39. The Kier molecular flexibility index (Phi) is 7.45. The van der Waals surface area contributed by atoms with E-state index in [1.165, 1.54) is 16.9 Å². The third-order valence-corrected chi connectivity index (χ3v) is 5.80. The molecule has 7 heteroatoms. The summed E-state index contributed by atoms with van der Waals surface area (Å²) < 4.78 is 30.2. The van der Waals surface area contributed by atoms with Crippen LogP contribution in [0.3, 0.4) is 0 Å². The second-order valence-corrected chi connectivity index (χ2v) is 8.81. The highest BCUT2D eigenvalue weighted by molar-refractivity contribution is 7.92. The minimum atomic E-state index is -3.32. The molecule has 0 aliphatic rings. The van der Waals surface area contributed by atoms with Crippen LogP contribution in [-0.2, 0) is 14.8 Å². The number of nitrogens with one attached hydrogen (secondary N) is 1. The van der Waals surface area contributed by atoms with E-state index in [1.54, 1.807) is 24.3 Å². The van der Waals surface area contributed by atoms with Gasteiger partial charge in [0, 0.05) is 13.6 Å². The van der Waals surface area contributed by atoms with Gasteiger partial charge in [0.25, 0.3) is 5.91 Å². The van der Waals surface area contributed by atoms with E-state index in [9.17, 15) is 13.2 Å². The smallest absolute Gasteiger partial charge is 0.261 e. The second kappa shape index (κ2) is 9.59. The predicted molar refractivity (Wildman–Crippen MR) is 112 cm³/mol. The zero-order valence-electron chi connectivity index (χ0n) is 16.8. The summed E-state index contributed by atoms with van der Waals surface area (Å²) in [5, 5.41) is 2.95. The highest BCUT2D eigenvalue weighted by Gasteiger charge is 2.19. The Morgan fingerprint density at radius 1 is 1.11 bits per heavy atom. The standard InChI is InChI=1S/C21H28N2O4S/c1-5-20(21(24)22-15-16(2)17-9-7-6-8-10-17)27-19-13-11-18(12-14-19)23(3)28(4,25)26/h6-14,16,20H,5,15H2,1-4H3,(H,22,24)/t16-,20-/m0/s1. The van der Waals surface area contributed by atoms with Gasteiger partial charge in [-0.15, -0.1) is 0 Å².